The lowest BCUT2D eigenvalue weighted by molar-refractivity contribution is 0.0995. The van der Waals surface area contributed by atoms with Crippen LogP contribution in [0.15, 0.2) is 52.0 Å². The second-order valence-electron chi connectivity index (χ2n) is 6.83. The van der Waals surface area contributed by atoms with Crippen LogP contribution in [0.2, 0.25) is 0 Å². The number of rotatable bonds is 6. The molecule has 1 saturated heterocycles. The molecular formula is C19H21N5O4S. The minimum atomic E-state index is -3.60. The third kappa shape index (κ3) is 4.32. The van der Waals surface area contributed by atoms with Gasteiger partial charge in [0, 0.05) is 18.7 Å². The number of amides is 1. The molecule has 0 bridgehead atoms. The van der Waals surface area contributed by atoms with Gasteiger partial charge in [0.2, 0.25) is 11.9 Å². The van der Waals surface area contributed by atoms with Crippen LogP contribution in [0.4, 0.5) is 11.9 Å². The first kappa shape index (κ1) is 19.2. The predicted molar refractivity (Wildman–Crippen MR) is 106 cm³/mol. The molecule has 2 N–H and O–H groups in total. The van der Waals surface area contributed by atoms with Gasteiger partial charge in [0.15, 0.2) is 15.6 Å². The number of sulfone groups is 1. The molecule has 2 aromatic heterocycles. The fourth-order valence-electron chi connectivity index (χ4n) is 3.27. The molecule has 4 rings (SSSR count). The molecule has 10 heteroatoms. The summed E-state index contributed by atoms with van der Waals surface area (Å²) in [5, 5.41) is 9.43. The molecule has 1 aliphatic heterocycles. The molecule has 1 aromatic carbocycles. The Morgan fingerprint density at radius 3 is 2.66 bits per heavy atom. The minimum Gasteiger partial charge on any atom is -0.459 e. The summed E-state index contributed by atoms with van der Waals surface area (Å²) in [5.41, 5.74) is 0.280. The standard InChI is InChI=1S/C19H21N5O4S/c25-17(20-18-21-19(23-22-18)24-10-5-2-6-11-24)16-14(9-12-28-16)13-29(26,27)15-7-3-1-4-8-15/h1,3-4,7-9,12H,2,5-6,10-11,13H2,(H2,20,21,22,23,25). The number of anilines is 2. The van der Waals surface area contributed by atoms with E-state index in [1.165, 1.54) is 30.9 Å². The second-order valence-corrected chi connectivity index (χ2v) is 8.82. The van der Waals surface area contributed by atoms with E-state index in [1.807, 2.05) is 0 Å². The molecule has 3 heterocycles. The number of H-pyrrole nitrogens is 1. The molecular weight excluding hydrogens is 394 g/mol. The minimum absolute atomic E-state index is 0.0690. The average molecular weight is 415 g/mol. The van der Waals surface area contributed by atoms with Crippen molar-refractivity contribution in [3.63, 3.8) is 0 Å². The topological polar surface area (TPSA) is 121 Å². The van der Waals surface area contributed by atoms with E-state index in [-0.39, 0.29) is 27.9 Å². The largest absolute Gasteiger partial charge is 0.459 e. The van der Waals surface area contributed by atoms with Crippen LogP contribution in [-0.4, -0.2) is 42.6 Å². The lowest BCUT2D eigenvalue weighted by Crippen LogP contribution is -2.30. The van der Waals surface area contributed by atoms with E-state index < -0.39 is 15.7 Å². The van der Waals surface area contributed by atoms with Gasteiger partial charge in [-0.2, -0.15) is 4.98 Å². The molecule has 29 heavy (non-hydrogen) atoms. The molecule has 9 nitrogen and oxygen atoms in total. The highest BCUT2D eigenvalue weighted by atomic mass is 32.2. The van der Waals surface area contributed by atoms with Crippen LogP contribution in [0, 0.1) is 0 Å². The van der Waals surface area contributed by atoms with Crippen LogP contribution in [0.5, 0.6) is 0 Å². The summed E-state index contributed by atoms with van der Waals surface area (Å²) in [7, 11) is -3.60. The van der Waals surface area contributed by atoms with Crippen molar-refractivity contribution < 1.29 is 17.6 Å². The van der Waals surface area contributed by atoms with Gasteiger partial charge in [-0.15, -0.1) is 5.10 Å². The van der Waals surface area contributed by atoms with Crippen molar-refractivity contribution in [2.24, 2.45) is 0 Å². The number of nitrogens with zero attached hydrogens (tertiary/aromatic N) is 3. The number of nitrogens with one attached hydrogen (secondary N) is 2. The van der Waals surface area contributed by atoms with E-state index in [0.717, 1.165) is 25.9 Å². The third-order valence-corrected chi connectivity index (χ3v) is 6.43. The van der Waals surface area contributed by atoms with Crippen molar-refractivity contribution in [2.75, 3.05) is 23.3 Å². The van der Waals surface area contributed by atoms with E-state index in [1.54, 1.807) is 18.2 Å². The fourth-order valence-corrected chi connectivity index (χ4v) is 4.65. The highest BCUT2D eigenvalue weighted by Crippen LogP contribution is 2.21. The van der Waals surface area contributed by atoms with Gasteiger partial charge < -0.3 is 9.32 Å². The number of furan rings is 1. The first-order valence-corrected chi connectivity index (χ1v) is 11.0. The van der Waals surface area contributed by atoms with Crippen molar-refractivity contribution in [1.29, 1.82) is 0 Å². The molecule has 0 unspecified atom stereocenters. The third-order valence-electron chi connectivity index (χ3n) is 4.75. The van der Waals surface area contributed by atoms with E-state index in [2.05, 4.69) is 25.4 Å². The van der Waals surface area contributed by atoms with Crippen LogP contribution >= 0.6 is 0 Å². The van der Waals surface area contributed by atoms with Crippen LogP contribution in [0.25, 0.3) is 0 Å². The monoisotopic (exact) mass is 415 g/mol. The van der Waals surface area contributed by atoms with Gasteiger partial charge >= 0.3 is 0 Å². The summed E-state index contributed by atoms with van der Waals surface area (Å²) >= 11 is 0. The van der Waals surface area contributed by atoms with Crippen molar-refractivity contribution in [1.82, 2.24) is 15.2 Å². The summed E-state index contributed by atoms with van der Waals surface area (Å²) in [4.78, 5) is 19.2. The van der Waals surface area contributed by atoms with E-state index in [0.29, 0.717) is 5.95 Å². The van der Waals surface area contributed by atoms with Gasteiger partial charge in [-0.05, 0) is 37.5 Å². The Morgan fingerprint density at radius 2 is 1.90 bits per heavy atom. The molecule has 0 radical (unpaired) electrons. The van der Waals surface area contributed by atoms with Crippen LogP contribution < -0.4 is 10.2 Å². The number of aromatic nitrogens is 3. The van der Waals surface area contributed by atoms with Crippen molar-refractivity contribution in [3.8, 4) is 0 Å². The summed E-state index contributed by atoms with van der Waals surface area (Å²) in [6.45, 7) is 1.76. The Kier molecular flexibility index (Phi) is 5.34. The van der Waals surface area contributed by atoms with Gasteiger partial charge in [0.1, 0.15) is 0 Å². The van der Waals surface area contributed by atoms with Gasteiger partial charge in [0.25, 0.3) is 5.91 Å². The number of hydrogen-bond acceptors (Lipinski definition) is 7. The summed E-state index contributed by atoms with van der Waals surface area (Å²) in [5.74, 6) is -0.281. The maximum Gasteiger partial charge on any atom is 0.294 e. The zero-order valence-corrected chi connectivity index (χ0v) is 16.5. The zero-order chi connectivity index (χ0) is 20.3. The number of aromatic amines is 1. The summed E-state index contributed by atoms with van der Waals surface area (Å²) in [6.07, 6.45) is 4.66. The Labute approximate surface area is 168 Å². The summed E-state index contributed by atoms with van der Waals surface area (Å²) < 4.78 is 30.5. The lowest BCUT2D eigenvalue weighted by Gasteiger charge is -2.24. The van der Waals surface area contributed by atoms with E-state index >= 15 is 0 Å². The highest BCUT2D eigenvalue weighted by molar-refractivity contribution is 7.90. The lowest BCUT2D eigenvalue weighted by atomic mass is 10.1. The van der Waals surface area contributed by atoms with Gasteiger partial charge in [-0.25, -0.2) is 13.5 Å². The van der Waals surface area contributed by atoms with Crippen LogP contribution in [0.1, 0.15) is 35.4 Å². The molecule has 0 spiro atoms. The molecule has 0 atom stereocenters. The smallest absolute Gasteiger partial charge is 0.294 e. The zero-order valence-electron chi connectivity index (χ0n) is 15.7. The highest BCUT2D eigenvalue weighted by Gasteiger charge is 2.23. The number of carbonyl (C=O) groups excluding carboxylic acids is 1. The van der Waals surface area contributed by atoms with Crippen molar-refractivity contribution >= 4 is 27.6 Å². The number of benzene rings is 1. The predicted octanol–water partition coefficient (Wildman–Crippen LogP) is 2.61. The normalized spacial score (nSPS) is 14.7. The Morgan fingerprint density at radius 1 is 1.14 bits per heavy atom. The van der Waals surface area contributed by atoms with Gasteiger partial charge in [-0.3, -0.25) is 10.1 Å². The first-order valence-electron chi connectivity index (χ1n) is 9.36. The quantitative estimate of drug-likeness (QED) is 0.635. The maximum atomic E-state index is 12.6. The summed E-state index contributed by atoms with van der Waals surface area (Å²) in [6, 6.07) is 9.57. The van der Waals surface area contributed by atoms with E-state index in [4.69, 9.17) is 4.42 Å². The van der Waals surface area contributed by atoms with Gasteiger partial charge in [-0.1, -0.05) is 18.2 Å². The average Bonchev–Trinajstić information content (AvgIpc) is 3.39. The fraction of sp³-hybridized carbons (Fsp3) is 0.316. The molecule has 1 amide bonds. The second kappa shape index (κ2) is 8.08. The number of carbonyl (C=O) groups is 1. The van der Waals surface area contributed by atoms with Crippen molar-refractivity contribution in [2.45, 2.75) is 29.9 Å². The molecule has 152 valence electrons. The maximum absolute atomic E-state index is 12.6. The van der Waals surface area contributed by atoms with Crippen molar-refractivity contribution in [3.05, 3.63) is 54.0 Å². The molecule has 1 aliphatic rings. The van der Waals surface area contributed by atoms with Crippen LogP contribution in [-0.2, 0) is 15.6 Å². The molecule has 0 saturated carbocycles. The Balaban J connectivity index is 1.47. The first-order chi connectivity index (χ1) is 14.0. The number of hydrogen-bond donors (Lipinski definition) is 2. The van der Waals surface area contributed by atoms with E-state index in [9.17, 15) is 13.2 Å². The molecule has 3 aromatic rings. The van der Waals surface area contributed by atoms with Crippen LogP contribution in [0.3, 0.4) is 0 Å². The van der Waals surface area contributed by atoms with Gasteiger partial charge in [0.05, 0.1) is 16.9 Å². The number of piperidine rings is 1. The SMILES string of the molecule is O=C(Nc1nc(N2CCCCC2)n[nH]1)c1occc1CS(=O)(=O)c1ccccc1. The molecule has 0 aliphatic carbocycles. The Hall–Kier alpha value is -3.14. The molecule has 1 fully saturated rings. The Bertz CT molecular complexity index is 1080.